The first-order valence-corrected chi connectivity index (χ1v) is 11.1. The molecule has 4 unspecified atom stereocenters. The first-order valence-electron chi connectivity index (χ1n) is 11.1. The van der Waals surface area contributed by atoms with E-state index in [-0.39, 0.29) is 6.61 Å². The van der Waals surface area contributed by atoms with Crippen molar-refractivity contribution in [3.8, 4) is 0 Å². The maximum absolute atomic E-state index is 10.0. The second-order valence-electron chi connectivity index (χ2n) is 7.79. The van der Waals surface area contributed by atoms with Gasteiger partial charge in [0.1, 0.15) is 0 Å². The number of hydrogen-bond donors (Lipinski definition) is 5. The lowest BCUT2D eigenvalue weighted by atomic mass is 10.0. The predicted octanol–water partition coefficient (Wildman–Crippen LogP) is 3.43. The van der Waals surface area contributed by atoms with Gasteiger partial charge in [-0.2, -0.15) is 0 Å². The van der Waals surface area contributed by atoms with Gasteiger partial charge >= 0.3 is 0 Å². The van der Waals surface area contributed by atoms with Crippen LogP contribution < -0.4 is 5.73 Å². The minimum atomic E-state index is -0.623. The Morgan fingerprint density at radius 2 is 1.19 bits per heavy atom. The quantitative estimate of drug-likeness (QED) is 0.172. The molecule has 0 saturated heterocycles. The molecule has 27 heavy (non-hydrogen) atoms. The molecule has 0 heterocycles. The first kappa shape index (κ1) is 26.5. The zero-order valence-electron chi connectivity index (χ0n) is 17.4. The Hall–Kier alpha value is -0.460. The summed E-state index contributed by atoms with van der Waals surface area (Å²) < 4.78 is 0. The molecule has 5 nitrogen and oxygen atoms in total. The average Bonchev–Trinajstić information content (AvgIpc) is 2.67. The third-order valence-corrected chi connectivity index (χ3v) is 5.17. The van der Waals surface area contributed by atoms with Gasteiger partial charge in [-0.15, -0.1) is 0 Å². The van der Waals surface area contributed by atoms with Crippen molar-refractivity contribution in [2.75, 3.05) is 6.61 Å². The Morgan fingerprint density at radius 3 is 1.85 bits per heavy atom. The molecular formula is C22H45NO4. The van der Waals surface area contributed by atoms with Gasteiger partial charge in [-0.3, -0.25) is 0 Å². The van der Waals surface area contributed by atoms with Crippen LogP contribution in [-0.4, -0.2) is 51.4 Å². The van der Waals surface area contributed by atoms with E-state index in [9.17, 15) is 15.3 Å². The molecule has 0 aromatic carbocycles. The van der Waals surface area contributed by atoms with Gasteiger partial charge in [-0.1, -0.05) is 70.4 Å². The summed E-state index contributed by atoms with van der Waals surface area (Å²) in [6.45, 7) is 2.03. The smallest absolute Gasteiger partial charge is 0.0802 e. The van der Waals surface area contributed by atoms with Crippen molar-refractivity contribution >= 4 is 0 Å². The summed E-state index contributed by atoms with van der Waals surface area (Å²) in [6, 6.07) is -0.535. The number of nitrogens with two attached hydrogens (primary N) is 1. The van der Waals surface area contributed by atoms with Crippen LogP contribution in [0.1, 0.15) is 96.8 Å². The van der Waals surface area contributed by atoms with Crippen LogP contribution in [0, 0.1) is 0 Å². The Morgan fingerprint density at radius 1 is 0.667 bits per heavy atom. The van der Waals surface area contributed by atoms with Crippen LogP contribution in [0.4, 0.5) is 0 Å². The average molecular weight is 388 g/mol. The normalized spacial score (nSPS) is 16.5. The lowest BCUT2D eigenvalue weighted by Crippen LogP contribution is -2.37. The maximum Gasteiger partial charge on any atom is 0.0802 e. The fraction of sp³-hybridized carbons (Fsp3) is 0.909. The summed E-state index contributed by atoms with van der Waals surface area (Å²) in [6.07, 6.45) is 16.3. The van der Waals surface area contributed by atoms with Gasteiger partial charge in [0.25, 0.3) is 0 Å². The van der Waals surface area contributed by atoms with E-state index in [2.05, 4.69) is 19.1 Å². The minimum Gasteiger partial charge on any atom is -0.395 e. The minimum absolute atomic E-state index is 0.177. The molecule has 6 N–H and O–H groups in total. The molecule has 0 bridgehead atoms. The van der Waals surface area contributed by atoms with E-state index in [1.54, 1.807) is 0 Å². The standard InChI is InChI=1S/C22H45NO4/c1-2-3-4-5-9-13-16-21(26)22(27)17-14-11-8-6-7-10-12-15-20(25)19(23)18-24/h8,11,19-22,24-27H,2-7,9-10,12-18,23H2,1H3/b11-8-. The second kappa shape index (κ2) is 18.9. The van der Waals surface area contributed by atoms with E-state index in [0.717, 1.165) is 44.9 Å². The highest BCUT2D eigenvalue weighted by molar-refractivity contribution is 4.83. The fourth-order valence-electron chi connectivity index (χ4n) is 3.15. The number of allylic oxidation sites excluding steroid dienone is 2. The molecule has 0 radical (unpaired) electrons. The predicted molar refractivity (Wildman–Crippen MR) is 113 cm³/mol. The van der Waals surface area contributed by atoms with Crippen molar-refractivity contribution in [2.24, 2.45) is 5.73 Å². The largest absolute Gasteiger partial charge is 0.395 e. The topological polar surface area (TPSA) is 107 Å². The summed E-state index contributed by atoms with van der Waals surface area (Å²) in [5.74, 6) is 0. The lowest BCUT2D eigenvalue weighted by Gasteiger charge is -2.17. The first-order chi connectivity index (χ1) is 13.0. The van der Waals surface area contributed by atoms with E-state index in [1.165, 1.54) is 25.7 Å². The summed E-state index contributed by atoms with van der Waals surface area (Å²) in [5, 5.41) is 38.5. The molecule has 0 spiro atoms. The third kappa shape index (κ3) is 16.2. The Kier molecular flexibility index (Phi) is 18.6. The van der Waals surface area contributed by atoms with Gasteiger partial charge < -0.3 is 26.2 Å². The number of hydrogen-bond acceptors (Lipinski definition) is 5. The van der Waals surface area contributed by atoms with Crippen molar-refractivity contribution in [2.45, 2.75) is 121 Å². The highest BCUT2D eigenvalue weighted by Crippen LogP contribution is 2.13. The van der Waals surface area contributed by atoms with Crippen molar-refractivity contribution in [3.63, 3.8) is 0 Å². The van der Waals surface area contributed by atoms with Crippen molar-refractivity contribution in [1.82, 2.24) is 0 Å². The van der Waals surface area contributed by atoms with E-state index in [0.29, 0.717) is 19.3 Å². The maximum atomic E-state index is 10.0. The van der Waals surface area contributed by atoms with Crippen molar-refractivity contribution in [1.29, 1.82) is 0 Å². The van der Waals surface area contributed by atoms with Crippen molar-refractivity contribution in [3.05, 3.63) is 12.2 Å². The Bertz CT molecular complexity index is 338. The molecule has 162 valence electrons. The highest BCUT2D eigenvalue weighted by atomic mass is 16.3. The zero-order chi connectivity index (χ0) is 20.3. The van der Waals surface area contributed by atoms with Gasteiger partial charge in [0, 0.05) is 0 Å². The van der Waals surface area contributed by atoms with E-state index >= 15 is 0 Å². The van der Waals surface area contributed by atoms with Gasteiger partial charge in [0.05, 0.1) is 31.0 Å². The third-order valence-electron chi connectivity index (χ3n) is 5.17. The fourth-order valence-corrected chi connectivity index (χ4v) is 3.15. The summed E-state index contributed by atoms with van der Waals surface area (Å²) >= 11 is 0. The van der Waals surface area contributed by atoms with Gasteiger partial charge in [-0.25, -0.2) is 0 Å². The van der Waals surface area contributed by atoms with Gasteiger partial charge in [0.15, 0.2) is 0 Å². The van der Waals surface area contributed by atoms with Crippen LogP contribution in [0.2, 0.25) is 0 Å². The van der Waals surface area contributed by atoms with Gasteiger partial charge in [0.2, 0.25) is 0 Å². The molecule has 4 atom stereocenters. The summed E-state index contributed by atoms with van der Waals surface area (Å²) in [4.78, 5) is 0. The molecule has 0 rings (SSSR count). The molecule has 0 amide bonds. The Balaban J connectivity index is 3.52. The number of unbranched alkanes of at least 4 members (excludes halogenated alkanes) is 8. The molecule has 0 fully saturated rings. The van der Waals surface area contributed by atoms with Crippen LogP contribution >= 0.6 is 0 Å². The Labute approximate surface area is 166 Å². The van der Waals surface area contributed by atoms with Crippen LogP contribution in [0.3, 0.4) is 0 Å². The van der Waals surface area contributed by atoms with Crippen molar-refractivity contribution < 1.29 is 20.4 Å². The highest BCUT2D eigenvalue weighted by Gasteiger charge is 2.14. The second-order valence-corrected chi connectivity index (χ2v) is 7.79. The zero-order valence-corrected chi connectivity index (χ0v) is 17.4. The van der Waals surface area contributed by atoms with Gasteiger partial charge in [-0.05, 0) is 38.5 Å². The SMILES string of the molecule is CCCCCCCCC(O)C(O)CC/C=C\CCCCCC(O)C(N)CO. The van der Waals surface area contributed by atoms with Crippen LogP contribution in [0.15, 0.2) is 12.2 Å². The molecule has 0 aromatic rings. The van der Waals surface area contributed by atoms with Crippen LogP contribution in [0.5, 0.6) is 0 Å². The summed E-state index contributed by atoms with van der Waals surface area (Å²) in [7, 11) is 0. The molecule has 5 heteroatoms. The van der Waals surface area contributed by atoms with Crippen LogP contribution in [0.25, 0.3) is 0 Å². The number of aliphatic hydroxyl groups is 4. The molecule has 0 saturated carbocycles. The monoisotopic (exact) mass is 387 g/mol. The molecule has 0 aliphatic rings. The molecular weight excluding hydrogens is 342 g/mol. The van der Waals surface area contributed by atoms with E-state index in [1.807, 2.05) is 0 Å². The van der Waals surface area contributed by atoms with E-state index in [4.69, 9.17) is 10.8 Å². The van der Waals surface area contributed by atoms with Crippen LogP contribution in [-0.2, 0) is 0 Å². The molecule has 0 aromatic heterocycles. The lowest BCUT2D eigenvalue weighted by molar-refractivity contribution is 0.00911. The summed E-state index contributed by atoms with van der Waals surface area (Å²) in [5.41, 5.74) is 5.56. The molecule has 0 aliphatic heterocycles. The molecule has 0 aliphatic carbocycles. The number of rotatable bonds is 19. The van der Waals surface area contributed by atoms with E-state index < -0.39 is 24.4 Å². The number of aliphatic hydroxyl groups excluding tert-OH is 4.